The molecule has 1 atom stereocenters. The minimum Gasteiger partial charge on any atom is -0.383 e. The summed E-state index contributed by atoms with van der Waals surface area (Å²) in [6.07, 6.45) is 3.72. The van der Waals surface area contributed by atoms with Gasteiger partial charge in [0.15, 0.2) is 0 Å². The molecule has 1 fully saturated rings. The second-order valence-electron chi connectivity index (χ2n) is 6.96. The summed E-state index contributed by atoms with van der Waals surface area (Å²) in [7, 11) is 0. The van der Waals surface area contributed by atoms with Crippen molar-refractivity contribution in [3.05, 3.63) is 52.8 Å². The number of aryl methyl sites for hydroxylation is 2. The number of hydrogen-bond donors (Lipinski definition) is 1. The number of benzene rings is 1. The minimum absolute atomic E-state index is 0.0162. The molecule has 0 aliphatic carbocycles. The largest absolute Gasteiger partial charge is 0.383 e. The van der Waals surface area contributed by atoms with E-state index in [0.717, 1.165) is 48.3 Å². The molecule has 5 heteroatoms. The van der Waals surface area contributed by atoms with Crippen LogP contribution in [-0.2, 0) is 18.6 Å². The third kappa shape index (κ3) is 2.44. The van der Waals surface area contributed by atoms with Gasteiger partial charge in [0.1, 0.15) is 5.60 Å². The highest BCUT2D eigenvalue weighted by Gasteiger charge is 2.41. The number of aromatic nitrogens is 2. The zero-order valence-corrected chi connectivity index (χ0v) is 14.0. The van der Waals surface area contributed by atoms with E-state index in [2.05, 4.69) is 5.10 Å². The van der Waals surface area contributed by atoms with Crippen molar-refractivity contribution in [1.82, 2.24) is 14.7 Å². The van der Waals surface area contributed by atoms with E-state index >= 15 is 0 Å². The number of β-amino-alcohol motifs (C(OH)–C–C–N with tert-alkyl or cyclic N) is 1. The third-order valence-corrected chi connectivity index (χ3v) is 5.33. The minimum atomic E-state index is -0.946. The molecule has 1 N–H and O–H groups in total. The van der Waals surface area contributed by atoms with Gasteiger partial charge in [-0.1, -0.05) is 30.3 Å². The summed E-state index contributed by atoms with van der Waals surface area (Å²) in [5.41, 5.74) is 2.57. The fourth-order valence-electron chi connectivity index (χ4n) is 4.01. The first-order chi connectivity index (χ1) is 11.6. The van der Waals surface area contributed by atoms with Crippen molar-refractivity contribution in [2.75, 3.05) is 13.1 Å². The molecular formula is C19H23N3O2. The van der Waals surface area contributed by atoms with Crippen molar-refractivity contribution in [3.63, 3.8) is 0 Å². The van der Waals surface area contributed by atoms with Gasteiger partial charge in [-0.15, -0.1) is 0 Å². The molecule has 1 aromatic heterocycles. The molecule has 24 heavy (non-hydrogen) atoms. The van der Waals surface area contributed by atoms with E-state index in [-0.39, 0.29) is 5.91 Å². The van der Waals surface area contributed by atoms with Gasteiger partial charge in [0.05, 0.1) is 23.5 Å². The van der Waals surface area contributed by atoms with Crippen LogP contribution in [-0.4, -0.2) is 38.8 Å². The SMILES string of the molecule is Cc1nn2c(c1C(=O)N1CCC(O)(c3ccccc3)C1)CCCC2. The summed E-state index contributed by atoms with van der Waals surface area (Å²) in [5.74, 6) is 0.0162. The topological polar surface area (TPSA) is 58.4 Å². The lowest BCUT2D eigenvalue weighted by molar-refractivity contribution is 0.0416. The van der Waals surface area contributed by atoms with Crippen LogP contribution in [0.1, 0.15) is 46.6 Å². The molecule has 5 nitrogen and oxygen atoms in total. The van der Waals surface area contributed by atoms with Crippen LogP contribution in [0.3, 0.4) is 0 Å². The molecule has 2 aromatic rings. The number of nitrogens with zero attached hydrogens (tertiary/aromatic N) is 3. The van der Waals surface area contributed by atoms with Crippen molar-refractivity contribution >= 4 is 5.91 Å². The van der Waals surface area contributed by atoms with Crippen molar-refractivity contribution < 1.29 is 9.90 Å². The number of hydrogen-bond acceptors (Lipinski definition) is 3. The maximum absolute atomic E-state index is 13.1. The Morgan fingerprint density at radius 3 is 2.79 bits per heavy atom. The second-order valence-corrected chi connectivity index (χ2v) is 6.96. The first-order valence-electron chi connectivity index (χ1n) is 8.72. The van der Waals surface area contributed by atoms with E-state index in [9.17, 15) is 9.90 Å². The molecule has 4 rings (SSSR count). The van der Waals surface area contributed by atoms with E-state index in [1.54, 1.807) is 4.90 Å². The van der Waals surface area contributed by atoms with Gasteiger partial charge in [-0.2, -0.15) is 5.10 Å². The van der Waals surface area contributed by atoms with Crippen LogP contribution in [0.4, 0.5) is 0 Å². The summed E-state index contributed by atoms with van der Waals surface area (Å²) < 4.78 is 1.99. The lowest BCUT2D eigenvalue weighted by Crippen LogP contribution is -2.35. The molecule has 1 saturated heterocycles. The molecule has 2 aliphatic heterocycles. The fraction of sp³-hybridized carbons (Fsp3) is 0.474. The number of fused-ring (bicyclic) bond motifs is 1. The van der Waals surface area contributed by atoms with Gasteiger partial charge < -0.3 is 10.0 Å². The molecule has 1 aromatic carbocycles. The lowest BCUT2D eigenvalue weighted by atomic mass is 9.93. The summed E-state index contributed by atoms with van der Waals surface area (Å²) >= 11 is 0. The Morgan fingerprint density at radius 1 is 1.21 bits per heavy atom. The van der Waals surface area contributed by atoms with Gasteiger partial charge in [0.25, 0.3) is 5.91 Å². The van der Waals surface area contributed by atoms with Crippen LogP contribution in [0.5, 0.6) is 0 Å². The molecule has 126 valence electrons. The van der Waals surface area contributed by atoms with Crippen molar-refractivity contribution in [3.8, 4) is 0 Å². The number of carbonyl (C=O) groups excluding carboxylic acids is 1. The van der Waals surface area contributed by atoms with Gasteiger partial charge >= 0.3 is 0 Å². The normalized spacial score (nSPS) is 23.3. The van der Waals surface area contributed by atoms with Gasteiger partial charge in [0, 0.05) is 13.1 Å². The summed E-state index contributed by atoms with van der Waals surface area (Å²) in [4.78, 5) is 14.9. The van der Waals surface area contributed by atoms with Crippen molar-refractivity contribution in [1.29, 1.82) is 0 Å². The molecule has 0 radical (unpaired) electrons. The smallest absolute Gasteiger partial charge is 0.257 e. The third-order valence-electron chi connectivity index (χ3n) is 5.33. The first-order valence-corrected chi connectivity index (χ1v) is 8.72. The van der Waals surface area contributed by atoms with Gasteiger partial charge in [-0.25, -0.2) is 0 Å². The van der Waals surface area contributed by atoms with Crippen LogP contribution in [0.25, 0.3) is 0 Å². The van der Waals surface area contributed by atoms with Crippen LogP contribution >= 0.6 is 0 Å². The molecule has 2 aliphatic rings. The predicted molar refractivity (Wildman–Crippen MR) is 90.8 cm³/mol. The van der Waals surface area contributed by atoms with Crippen LogP contribution in [0.15, 0.2) is 30.3 Å². The number of rotatable bonds is 2. The van der Waals surface area contributed by atoms with E-state index in [0.29, 0.717) is 19.5 Å². The van der Waals surface area contributed by atoms with Gasteiger partial charge in [-0.05, 0) is 38.2 Å². The quantitative estimate of drug-likeness (QED) is 0.921. The summed E-state index contributed by atoms with van der Waals surface area (Å²) in [6, 6.07) is 9.65. The monoisotopic (exact) mass is 325 g/mol. The van der Waals surface area contributed by atoms with Gasteiger partial charge in [-0.3, -0.25) is 9.48 Å². The van der Waals surface area contributed by atoms with Crippen LogP contribution in [0.2, 0.25) is 0 Å². The highest BCUT2D eigenvalue weighted by Crippen LogP contribution is 2.33. The number of carbonyl (C=O) groups is 1. The molecule has 1 unspecified atom stereocenters. The lowest BCUT2D eigenvalue weighted by Gasteiger charge is -2.24. The first kappa shape index (κ1) is 15.4. The average molecular weight is 325 g/mol. The van der Waals surface area contributed by atoms with Crippen LogP contribution in [0, 0.1) is 6.92 Å². The maximum atomic E-state index is 13.1. The van der Waals surface area contributed by atoms with E-state index in [4.69, 9.17) is 0 Å². The van der Waals surface area contributed by atoms with E-state index in [1.165, 1.54) is 0 Å². The van der Waals surface area contributed by atoms with Crippen LogP contribution < -0.4 is 0 Å². The predicted octanol–water partition coefficient (Wildman–Crippen LogP) is 2.26. The zero-order valence-electron chi connectivity index (χ0n) is 14.0. The standard InChI is InChI=1S/C19H23N3O2/c1-14-17(16-9-5-6-11-22(16)20-14)18(23)21-12-10-19(24,13-21)15-7-3-2-4-8-15/h2-4,7-8,24H,5-6,9-13H2,1H3. The summed E-state index contributed by atoms with van der Waals surface area (Å²) in [5, 5.41) is 15.5. The fourth-order valence-corrected chi connectivity index (χ4v) is 4.01. The van der Waals surface area contributed by atoms with Gasteiger partial charge in [0.2, 0.25) is 0 Å². The Morgan fingerprint density at radius 2 is 2.00 bits per heavy atom. The van der Waals surface area contributed by atoms with Crippen molar-refractivity contribution in [2.24, 2.45) is 0 Å². The Hall–Kier alpha value is -2.14. The highest BCUT2D eigenvalue weighted by molar-refractivity contribution is 5.96. The Bertz CT molecular complexity index is 768. The molecule has 0 spiro atoms. The highest BCUT2D eigenvalue weighted by atomic mass is 16.3. The number of aliphatic hydroxyl groups is 1. The molecular weight excluding hydrogens is 302 g/mol. The number of likely N-dealkylation sites (tertiary alicyclic amines) is 1. The Balaban J connectivity index is 1.60. The van der Waals surface area contributed by atoms with E-state index in [1.807, 2.05) is 41.9 Å². The van der Waals surface area contributed by atoms with Crippen molar-refractivity contribution in [2.45, 2.75) is 44.8 Å². The maximum Gasteiger partial charge on any atom is 0.257 e. The molecule has 1 amide bonds. The second kappa shape index (κ2) is 5.74. The zero-order chi connectivity index (χ0) is 16.7. The molecule has 0 bridgehead atoms. The Kier molecular flexibility index (Phi) is 3.68. The summed E-state index contributed by atoms with van der Waals surface area (Å²) in [6.45, 7) is 3.74. The van der Waals surface area contributed by atoms with E-state index < -0.39 is 5.60 Å². The average Bonchev–Trinajstić information content (AvgIpc) is 3.16. The number of amides is 1. The molecule has 3 heterocycles. The Labute approximate surface area is 141 Å². The molecule has 0 saturated carbocycles.